The molecular formula is C13H17N3. The minimum Gasteiger partial charge on any atom is -0.369 e. The number of anilines is 1. The van der Waals surface area contributed by atoms with E-state index in [0.29, 0.717) is 11.9 Å². The van der Waals surface area contributed by atoms with Crippen LogP contribution >= 0.6 is 0 Å². The molecule has 0 fully saturated rings. The lowest BCUT2D eigenvalue weighted by Gasteiger charge is -2.14. The van der Waals surface area contributed by atoms with Gasteiger partial charge in [-0.1, -0.05) is 37.3 Å². The second-order valence-electron chi connectivity index (χ2n) is 4.18. The second-order valence-corrected chi connectivity index (χ2v) is 4.18. The summed E-state index contributed by atoms with van der Waals surface area (Å²) >= 11 is 0. The normalized spacial score (nSPS) is 12.6. The van der Waals surface area contributed by atoms with Gasteiger partial charge in [0.1, 0.15) is 0 Å². The Morgan fingerprint density at radius 1 is 1.31 bits per heavy atom. The highest BCUT2D eigenvalue weighted by atomic mass is 15.1. The molecule has 0 bridgehead atoms. The Kier molecular flexibility index (Phi) is 2.95. The molecule has 0 aliphatic carbocycles. The molecule has 2 rings (SSSR count). The Balaban J connectivity index is 2.17. The minimum atomic E-state index is 0.441. The van der Waals surface area contributed by atoms with Crippen molar-refractivity contribution in [2.75, 3.05) is 5.73 Å². The summed E-state index contributed by atoms with van der Waals surface area (Å²) in [4.78, 5) is 4.10. The lowest BCUT2D eigenvalue weighted by Crippen LogP contribution is -2.10. The van der Waals surface area contributed by atoms with Gasteiger partial charge < -0.3 is 10.3 Å². The Bertz CT molecular complexity index is 440. The van der Waals surface area contributed by atoms with Crippen molar-refractivity contribution in [2.24, 2.45) is 0 Å². The highest BCUT2D eigenvalue weighted by Gasteiger charge is 2.09. The van der Waals surface area contributed by atoms with E-state index in [2.05, 4.69) is 40.7 Å². The van der Waals surface area contributed by atoms with Gasteiger partial charge in [-0.2, -0.15) is 0 Å². The van der Waals surface area contributed by atoms with Gasteiger partial charge in [0, 0.05) is 12.2 Å². The average molecular weight is 215 g/mol. The lowest BCUT2D eigenvalue weighted by atomic mass is 10.0. The Morgan fingerprint density at radius 3 is 2.56 bits per heavy atom. The Hall–Kier alpha value is -1.77. The number of benzene rings is 1. The number of imidazole rings is 1. The SMILES string of the molecule is Cc1cnc(N)n1CC(C)c1ccccc1. The topological polar surface area (TPSA) is 43.8 Å². The van der Waals surface area contributed by atoms with Crippen LogP contribution in [0.1, 0.15) is 24.1 Å². The van der Waals surface area contributed by atoms with Crippen LogP contribution in [0.4, 0.5) is 5.95 Å². The molecule has 2 aromatic rings. The molecule has 0 radical (unpaired) electrons. The summed E-state index contributed by atoms with van der Waals surface area (Å²) in [5.41, 5.74) is 8.26. The molecule has 1 aromatic carbocycles. The van der Waals surface area contributed by atoms with Gasteiger partial charge in [-0.3, -0.25) is 0 Å². The molecule has 0 saturated carbocycles. The molecule has 3 heteroatoms. The van der Waals surface area contributed by atoms with Gasteiger partial charge in [-0.15, -0.1) is 0 Å². The van der Waals surface area contributed by atoms with Crippen molar-refractivity contribution in [3.63, 3.8) is 0 Å². The first-order chi connectivity index (χ1) is 7.68. The summed E-state index contributed by atoms with van der Waals surface area (Å²) < 4.78 is 2.05. The highest BCUT2D eigenvalue weighted by molar-refractivity contribution is 5.24. The van der Waals surface area contributed by atoms with E-state index in [9.17, 15) is 0 Å². The first-order valence-corrected chi connectivity index (χ1v) is 5.51. The summed E-state index contributed by atoms with van der Waals surface area (Å²) in [6.07, 6.45) is 1.81. The summed E-state index contributed by atoms with van der Waals surface area (Å²) in [6.45, 7) is 5.11. The van der Waals surface area contributed by atoms with Crippen LogP contribution in [-0.2, 0) is 6.54 Å². The van der Waals surface area contributed by atoms with E-state index in [-0.39, 0.29) is 0 Å². The summed E-state index contributed by atoms with van der Waals surface area (Å²) in [6, 6.07) is 10.5. The standard InChI is InChI=1S/C13H17N3/c1-10(12-6-4-3-5-7-12)9-16-11(2)8-15-13(16)14/h3-8,10H,9H2,1-2H3,(H2,14,15). The van der Waals surface area contributed by atoms with Crippen LogP contribution in [0.3, 0.4) is 0 Å². The first-order valence-electron chi connectivity index (χ1n) is 5.51. The smallest absolute Gasteiger partial charge is 0.200 e. The fourth-order valence-corrected chi connectivity index (χ4v) is 1.88. The predicted molar refractivity (Wildman–Crippen MR) is 66.2 cm³/mol. The molecule has 2 N–H and O–H groups in total. The van der Waals surface area contributed by atoms with Crippen molar-refractivity contribution in [3.05, 3.63) is 47.8 Å². The number of nitrogen functional groups attached to an aromatic ring is 1. The summed E-state index contributed by atoms with van der Waals surface area (Å²) in [7, 11) is 0. The molecule has 1 heterocycles. The van der Waals surface area contributed by atoms with Crippen molar-refractivity contribution in [3.8, 4) is 0 Å². The lowest BCUT2D eigenvalue weighted by molar-refractivity contribution is 0.593. The monoisotopic (exact) mass is 215 g/mol. The van der Waals surface area contributed by atoms with Crippen molar-refractivity contribution >= 4 is 5.95 Å². The zero-order valence-corrected chi connectivity index (χ0v) is 9.72. The Labute approximate surface area is 95.9 Å². The number of hydrogen-bond donors (Lipinski definition) is 1. The minimum absolute atomic E-state index is 0.441. The quantitative estimate of drug-likeness (QED) is 0.855. The predicted octanol–water partition coefficient (Wildman–Crippen LogP) is 2.58. The van der Waals surface area contributed by atoms with Gasteiger partial charge in [0.2, 0.25) is 0 Å². The van der Waals surface area contributed by atoms with Crippen LogP contribution in [-0.4, -0.2) is 9.55 Å². The molecule has 16 heavy (non-hydrogen) atoms. The van der Waals surface area contributed by atoms with Gasteiger partial charge >= 0.3 is 0 Å². The first kappa shape index (κ1) is 10.7. The van der Waals surface area contributed by atoms with E-state index >= 15 is 0 Å². The highest BCUT2D eigenvalue weighted by Crippen LogP contribution is 2.19. The molecule has 3 nitrogen and oxygen atoms in total. The number of hydrogen-bond acceptors (Lipinski definition) is 2. The third-order valence-electron chi connectivity index (χ3n) is 2.91. The zero-order valence-electron chi connectivity index (χ0n) is 9.72. The number of rotatable bonds is 3. The largest absolute Gasteiger partial charge is 0.369 e. The van der Waals surface area contributed by atoms with Crippen molar-refractivity contribution < 1.29 is 0 Å². The van der Waals surface area contributed by atoms with E-state index in [4.69, 9.17) is 5.73 Å². The van der Waals surface area contributed by atoms with Crippen LogP contribution in [0, 0.1) is 6.92 Å². The van der Waals surface area contributed by atoms with Gasteiger partial charge in [-0.25, -0.2) is 4.98 Å². The molecule has 0 spiro atoms. The van der Waals surface area contributed by atoms with Crippen molar-refractivity contribution in [1.82, 2.24) is 9.55 Å². The number of nitrogens with zero attached hydrogens (tertiary/aromatic N) is 2. The molecule has 0 aliphatic heterocycles. The van der Waals surface area contributed by atoms with Crippen LogP contribution < -0.4 is 5.73 Å². The maximum Gasteiger partial charge on any atom is 0.200 e. The summed E-state index contributed by atoms with van der Waals surface area (Å²) in [5, 5.41) is 0. The number of aryl methyl sites for hydroxylation is 1. The van der Waals surface area contributed by atoms with E-state index in [1.165, 1.54) is 5.56 Å². The van der Waals surface area contributed by atoms with Crippen LogP contribution in [0.25, 0.3) is 0 Å². The third kappa shape index (κ3) is 2.08. The van der Waals surface area contributed by atoms with E-state index in [1.807, 2.05) is 19.2 Å². The molecule has 0 aliphatic rings. The maximum absolute atomic E-state index is 5.82. The zero-order chi connectivity index (χ0) is 11.5. The van der Waals surface area contributed by atoms with Gasteiger partial charge in [0.25, 0.3) is 0 Å². The molecule has 1 unspecified atom stereocenters. The van der Waals surface area contributed by atoms with Crippen molar-refractivity contribution in [2.45, 2.75) is 26.3 Å². The van der Waals surface area contributed by atoms with E-state index in [1.54, 1.807) is 0 Å². The summed E-state index contributed by atoms with van der Waals surface area (Å²) in [5.74, 6) is 1.04. The van der Waals surface area contributed by atoms with Gasteiger partial charge in [0.05, 0.1) is 6.20 Å². The third-order valence-corrected chi connectivity index (χ3v) is 2.91. The molecule has 1 atom stereocenters. The van der Waals surface area contributed by atoms with Gasteiger partial charge in [0.15, 0.2) is 5.95 Å². The molecule has 0 amide bonds. The number of aromatic nitrogens is 2. The molecular weight excluding hydrogens is 198 g/mol. The van der Waals surface area contributed by atoms with Crippen LogP contribution in [0.15, 0.2) is 36.5 Å². The maximum atomic E-state index is 5.82. The average Bonchev–Trinajstić information content (AvgIpc) is 2.62. The molecule has 0 saturated heterocycles. The van der Waals surface area contributed by atoms with Crippen LogP contribution in [0.2, 0.25) is 0 Å². The van der Waals surface area contributed by atoms with Crippen LogP contribution in [0.5, 0.6) is 0 Å². The fourth-order valence-electron chi connectivity index (χ4n) is 1.88. The van der Waals surface area contributed by atoms with Gasteiger partial charge in [-0.05, 0) is 18.4 Å². The second kappa shape index (κ2) is 4.39. The molecule has 84 valence electrons. The van der Waals surface area contributed by atoms with E-state index < -0.39 is 0 Å². The molecule has 1 aromatic heterocycles. The Morgan fingerprint density at radius 2 is 2.00 bits per heavy atom. The fraction of sp³-hybridized carbons (Fsp3) is 0.308. The number of nitrogens with two attached hydrogens (primary N) is 1. The van der Waals surface area contributed by atoms with Crippen molar-refractivity contribution in [1.29, 1.82) is 0 Å². The van der Waals surface area contributed by atoms with E-state index in [0.717, 1.165) is 12.2 Å².